The van der Waals surface area contributed by atoms with Crippen LogP contribution >= 0.6 is 0 Å². The molecule has 1 aliphatic carbocycles. The van der Waals surface area contributed by atoms with Crippen LogP contribution in [0.2, 0.25) is 0 Å². The third-order valence-corrected chi connectivity index (χ3v) is 5.73. The molecular weight excluding hydrogens is 214 g/mol. The highest BCUT2D eigenvalue weighted by atomic mass is 32.2. The Bertz CT molecular complexity index is 389. The monoisotopic (exact) mass is 231 g/mol. The van der Waals surface area contributed by atoms with Crippen LogP contribution in [0.4, 0.5) is 0 Å². The van der Waals surface area contributed by atoms with Crippen molar-refractivity contribution in [2.24, 2.45) is 5.41 Å². The van der Waals surface area contributed by atoms with Gasteiger partial charge in [0.2, 0.25) is 5.91 Å². The van der Waals surface area contributed by atoms with Gasteiger partial charge in [-0.05, 0) is 19.8 Å². The van der Waals surface area contributed by atoms with Gasteiger partial charge in [-0.2, -0.15) is 0 Å². The standard InChI is InChI=1S/C10H17NO3S/c1-7-10(6-9(12)11-7)5-3-4-8(10)15(2,13)14/h7-8H,3-6H2,1-2H3,(H,11,12). The Morgan fingerprint density at radius 2 is 2.13 bits per heavy atom. The van der Waals surface area contributed by atoms with Crippen LogP contribution in [0.25, 0.3) is 0 Å². The lowest BCUT2D eigenvalue weighted by Gasteiger charge is -2.32. The van der Waals surface area contributed by atoms with Gasteiger partial charge in [-0.15, -0.1) is 0 Å². The Morgan fingerprint density at radius 1 is 1.47 bits per heavy atom. The van der Waals surface area contributed by atoms with Crippen molar-refractivity contribution in [1.29, 1.82) is 0 Å². The molecule has 2 fully saturated rings. The average Bonchev–Trinajstić information content (AvgIpc) is 2.57. The summed E-state index contributed by atoms with van der Waals surface area (Å²) in [6.45, 7) is 1.92. The fourth-order valence-corrected chi connectivity index (χ4v) is 5.14. The van der Waals surface area contributed by atoms with Gasteiger partial charge < -0.3 is 5.32 Å². The summed E-state index contributed by atoms with van der Waals surface area (Å²) < 4.78 is 23.4. The first-order chi connectivity index (χ1) is 6.86. The van der Waals surface area contributed by atoms with Crippen LogP contribution in [0, 0.1) is 5.41 Å². The third kappa shape index (κ3) is 1.57. The smallest absolute Gasteiger partial charge is 0.220 e. The van der Waals surface area contributed by atoms with Crippen molar-refractivity contribution in [2.75, 3.05) is 6.26 Å². The molecule has 3 unspecified atom stereocenters. The number of carbonyl (C=O) groups excluding carboxylic acids is 1. The van der Waals surface area contributed by atoms with E-state index < -0.39 is 9.84 Å². The van der Waals surface area contributed by atoms with E-state index in [9.17, 15) is 13.2 Å². The molecule has 0 radical (unpaired) electrons. The second kappa shape index (κ2) is 3.20. The van der Waals surface area contributed by atoms with Crippen LogP contribution in [0.1, 0.15) is 32.6 Å². The molecule has 2 aliphatic rings. The second-order valence-electron chi connectivity index (χ2n) is 4.91. The van der Waals surface area contributed by atoms with Crippen LogP contribution in [0.15, 0.2) is 0 Å². The van der Waals surface area contributed by atoms with Crippen molar-refractivity contribution in [2.45, 2.75) is 43.9 Å². The average molecular weight is 231 g/mol. The summed E-state index contributed by atoms with van der Waals surface area (Å²) in [5.74, 6) is -0.00181. The highest BCUT2D eigenvalue weighted by Crippen LogP contribution is 2.49. The lowest BCUT2D eigenvalue weighted by atomic mass is 9.79. The maximum atomic E-state index is 11.7. The van der Waals surface area contributed by atoms with Gasteiger partial charge in [0.15, 0.2) is 9.84 Å². The molecule has 3 atom stereocenters. The molecule has 1 saturated heterocycles. The Morgan fingerprint density at radius 3 is 2.60 bits per heavy atom. The fraction of sp³-hybridized carbons (Fsp3) is 0.900. The minimum Gasteiger partial charge on any atom is -0.353 e. The lowest BCUT2D eigenvalue weighted by Crippen LogP contribution is -2.43. The molecular formula is C10H17NO3S. The van der Waals surface area contributed by atoms with Crippen LogP contribution in [-0.2, 0) is 14.6 Å². The zero-order chi connectivity index (χ0) is 11.3. The van der Waals surface area contributed by atoms with E-state index in [1.807, 2.05) is 6.92 Å². The SMILES string of the molecule is CC1NC(=O)CC12CCCC2S(C)(=O)=O. The van der Waals surface area contributed by atoms with E-state index in [4.69, 9.17) is 0 Å². The summed E-state index contributed by atoms with van der Waals surface area (Å²) in [5, 5.41) is 2.51. The Balaban J connectivity index is 2.39. The molecule has 1 amide bonds. The summed E-state index contributed by atoms with van der Waals surface area (Å²) >= 11 is 0. The molecule has 1 saturated carbocycles. The molecule has 1 heterocycles. The van der Waals surface area contributed by atoms with Gasteiger partial charge in [-0.25, -0.2) is 8.42 Å². The fourth-order valence-electron chi connectivity index (χ4n) is 3.29. The molecule has 0 bridgehead atoms. The molecule has 4 nitrogen and oxygen atoms in total. The number of hydrogen-bond acceptors (Lipinski definition) is 3. The maximum absolute atomic E-state index is 11.7. The van der Waals surface area contributed by atoms with Crippen molar-refractivity contribution >= 4 is 15.7 Å². The molecule has 86 valence electrons. The predicted octanol–water partition coefficient (Wildman–Crippen LogP) is 0.478. The van der Waals surface area contributed by atoms with E-state index in [0.717, 1.165) is 12.8 Å². The third-order valence-electron chi connectivity index (χ3n) is 4.00. The largest absolute Gasteiger partial charge is 0.353 e. The molecule has 1 spiro atoms. The molecule has 2 rings (SSSR count). The number of hydrogen-bond donors (Lipinski definition) is 1. The van der Waals surface area contributed by atoms with E-state index in [2.05, 4.69) is 5.32 Å². The molecule has 1 N–H and O–H groups in total. The quantitative estimate of drug-likeness (QED) is 0.714. The highest BCUT2D eigenvalue weighted by Gasteiger charge is 2.55. The van der Waals surface area contributed by atoms with Crippen molar-refractivity contribution in [1.82, 2.24) is 5.32 Å². The molecule has 0 aromatic heterocycles. The highest BCUT2D eigenvalue weighted by molar-refractivity contribution is 7.91. The molecule has 0 aromatic carbocycles. The van der Waals surface area contributed by atoms with Crippen LogP contribution in [0.3, 0.4) is 0 Å². The first-order valence-electron chi connectivity index (χ1n) is 5.34. The first kappa shape index (κ1) is 10.9. The zero-order valence-corrected chi connectivity index (χ0v) is 9.93. The number of carbonyl (C=O) groups is 1. The van der Waals surface area contributed by atoms with E-state index in [1.54, 1.807) is 0 Å². The summed E-state index contributed by atoms with van der Waals surface area (Å²) in [7, 11) is -3.04. The number of sulfone groups is 1. The minimum atomic E-state index is -3.04. The van der Waals surface area contributed by atoms with Gasteiger partial charge in [-0.3, -0.25) is 4.79 Å². The number of amides is 1. The Hall–Kier alpha value is -0.580. The van der Waals surface area contributed by atoms with Crippen LogP contribution < -0.4 is 5.32 Å². The van der Waals surface area contributed by atoms with Crippen LogP contribution in [-0.4, -0.2) is 31.9 Å². The number of nitrogens with one attached hydrogen (secondary N) is 1. The summed E-state index contributed by atoms with van der Waals surface area (Å²) in [5.41, 5.74) is -0.329. The van der Waals surface area contributed by atoms with Gasteiger partial charge in [0.1, 0.15) is 0 Å². The molecule has 1 aliphatic heterocycles. The normalized spacial score (nSPS) is 41.1. The van der Waals surface area contributed by atoms with Crippen molar-refractivity contribution in [3.8, 4) is 0 Å². The van der Waals surface area contributed by atoms with E-state index in [0.29, 0.717) is 12.8 Å². The second-order valence-corrected chi connectivity index (χ2v) is 7.14. The lowest BCUT2D eigenvalue weighted by molar-refractivity contribution is -0.119. The van der Waals surface area contributed by atoms with Crippen LogP contribution in [0.5, 0.6) is 0 Å². The first-order valence-corrected chi connectivity index (χ1v) is 7.30. The minimum absolute atomic E-state index is 0.00181. The van der Waals surface area contributed by atoms with Crippen molar-refractivity contribution < 1.29 is 13.2 Å². The Labute approximate surface area is 90.3 Å². The van der Waals surface area contributed by atoms with Crippen molar-refractivity contribution in [3.05, 3.63) is 0 Å². The summed E-state index contributed by atoms with van der Waals surface area (Å²) in [6, 6.07) is -0.00720. The topological polar surface area (TPSA) is 63.2 Å². The molecule has 0 aromatic rings. The number of rotatable bonds is 1. The Kier molecular flexibility index (Phi) is 2.33. The van der Waals surface area contributed by atoms with Gasteiger partial charge in [-0.1, -0.05) is 6.42 Å². The van der Waals surface area contributed by atoms with Gasteiger partial charge >= 0.3 is 0 Å². The van der Waals surface area contributed by atoms with Gasteiger partial charge in [0.05, 0.1) is 5.25 Å². The van der Waals surface area contributed by atoms with Crippen molar-refractivity contribution in [3.63, 3.8) is 0 Å². The molecule has 15 heavy (non-hydrogen) atoms. The van der Waals surface area contributed by atoms with Gasteiger partial charge in [0, 0.05) is 24.1 Å². The maximum Gasteiger partial charge on any atom is 0.220 e. The summed E-state index contributed by atoms with van der Waals surface area (Å²) in [6.07, 6.45) is 4.14. The van der Waals surface area contributed by atoms with E-state index >= 15 is 0 Å². The van der Waals surface area contributed by atoms with E-state index in [1.165, 1.54) is 6.26 Å². The summed E-state index contributed by atoms with van der Waals surface area (Å²) in [4.78, 5) is 11.4. The predicted molar refractivity (Wildman–Crippen MR) is 57.1 cm³/mol. The zero-order valence-electron chi connectivity index (χ0n) is 9.12. The van der Waals surface area contributed by atoms with Gasteiger partial charge in [0.25, 0.3) is 0 Å². The molecule has 5 heteroatoms. The van der Waals surface area contributed by atoms with E-state index in [-0.39, 0.29) is 22.6 Å².